The molecular formula is C15H14BrFN2O. The van der Waals surface area contributed by atoms with E-state index in [-0.39, 0.29) is 17.9 Å². The number of hydrogen-bond acceptors (Lipinski definition) is 2. The zero-order valence-electron chi connectivity index (χ0n) is 10.9. The van der Waals surface area contributed by atoms with Gasteiger partial charge in [-0.2, -0.15) is 5.10 Å². The normalized spacial score (nSPS) is 14.1. The molecule has 0 saturated carbocycles. The molecular weight excluding hydrogens is 323 g/mol. The number of fused-ring (bicyclic) bond motifs is 1. The Morgan fingerprint density at radius 2 is 2.05 bits per heavy atom. The van der Waals surface area contributed by atoms with E-state index < -0.39 is 0 Å². The van der Waals surface area contributed by atoms with Gasteiger partial charge < -0.3 is 0 Å². The molecule has 1 heterocycles. The lowest BCUT2D eigenvalue weighted by Crippen LogP contribution is -2.27. The van der Waals surface area contributed by atoms with Gasteiger partial charge in [0.25, 0.3) is 5.56 Å². The molecule has 1 aliphatic carbocycles. The third-order valence-corrected chi connectivity index (χ3v) is 4.10. The Bertz CT molecular complexity index is 712. The Labute approximate surface area is 124 Å². The third kappa shape index (κ3) is 2.68. The maximum Gasteiger partial charge on any atom is 0.267 e. The van der Waals surface area contributed by atoms with Crippen LogP contribution in [-0.2, 0) is 19.4 Å². The lowest BCUT2D eigenvalue weighted by molar-refractivity contribution is 0.548. The molecule has 3 rings (SSSR count). The maximum absolute atomic E-state index is 13.8. The molecule has 0 unspecified atom stereocenters. The van der Waals surface area contributed by atoms with E-state index in [4.69, 9.17) is 0 Å². The first kappa shape index (κ1) is 13.5. The van der Waals surface area contributed by atoms with Crippen molar-refractivity contribution in [2.45, 2.75) is 32.2 Å². The van der Waals surface area contributed by atoms with Gasteiger partial charge >= 0.3 is 0 Å². The fourth-order valence-electron chi connectivity index (χ4n) is 2.53. The summed E-state index contributed by atoms with van der Waals surface area (Å²) >= 11 is 3.22. The largest absolute Gasteiger partial charge is 0.268 e. The fourth-order valence-corrected chi connectivity index (χ4v) is 2.86. The van der Waals surface area contributed by atoms with E-state index in [1.54, 1.807) is 18.2 Å². The Morgan fingerprint density at radius 1 is 1.25 bits per heavy atom. The predicted molar refractivity (Wildman–Crippen MR) is 78.3 cm³/mol. The van der Waals surface area contributed by atoms with Crippen molar-refractivity contribution in [1.82, 2.24) is 9.78 Å². The van der Waals surface area contributed by atoms with Gasteiger partial charge in [-0.1, -0.05) is 22.0 Å². The third-order valence-electron chi connectivity index (χ3n) is 3.61. The fraction of sp³-hybridized carbons (Fsp3) is 0.333. The van der Waals surface area contributed by atoms with E-state index >= 15 is 0 Å². The van der Waals surface area contributed by atoms with Crippen molar-refractivity contribution in [3.05, 3.63) is 61.7 Å². The number of benzene rings is 1. The summed E-state index contributed by atoms with van der Waals surface area (Å²) in [6.07, 6.45) is 4.04. The summed E-state index contributed by atoms with van der Waals surface area (Å²) in [6, 6.07) is 6.49. The van der Waals surface area contributed by atoms with Crippen molar-refractivity contribution >= 4 is 15.9 Å². The summed E-state index contributed by atoms with van der Waals surface area (Å²) < 4.78 is 15.9. The number of aromatic nitrogens is 2. The van der Waals surface area contributed by atoms with Crippen LogP contribution in [0.5, 0.6) is 0 Å². The summed E-state index contributed by atoms with van der Waals surface area (Å²) in [6.45, 7) is 0.172. The second kappa shape index (κ2) is 5.48. The monoisotopic (exact) mass is 336 g/mol. The Balaban J connectivity index is 1.96. The van der Waals surface area contributed by atoms with Gasteiger partial charge in [-0.15, -0.1) is 0 Å². The molecule has 0 atom stereocenters. The number of aryl methyl sites for hydroxylation is 2. The maximum atomic E-state index is 13.8. The highest BCUT2D eigenvalue weighted by Gasteiger charge is 2.14. The van der Waals surface area contributed by atoms with Crippen LogP contribution in [0.15, 0.2) is 33.5 Å². The van der Waals surface area contributed by atoms with Gasteiger partial charge in [-0.25, -0.2) is 9.07 Å². The molecule has 0 aliphatic heterocycles. The number of rotatable bonds is 2. The number of hydrogen-bond donors (Lipinski definition) is 0. The summed E-state index contributed by atoms with van der Waals surface area (Å²) in [5.41, 5.74) is 2.34. The molecule has 104 valence electrons. The van der Waals surface area contributed by atoms with Crippen molar-refractivity contribution in [2.75, 3.05) is 0 Å². The van der Waals surface area contributed by atoms with Gasteiger partial charge in [-0.05, 0) is 43.4 Å². The molecule has 1 aliphatic rings. The zero-order valence-corrected chi connectivity index (χ0v) is 12.5. The van der Waals surface area contributed by atoms with Gasteiger partial charge in [0.05, 0.1) is 12.2 Å². The first-order chi connectivity index (χ1) is 9.63. The Kier molecular flexibility index (Phi) is 3.70. The molecule has 0 saturated heterocycles. The molecule has 0 amide bonds. The van der Waals surface area contributed by atoms with Crippen LogP contribution in [0.4, 0.5) is 4.39 Å². The van der Waals surface area contributed by atoms with E-state index in [0.717, 1.165) is 36.9 Å². The Morgan fingerprint density at radius 3 is 2.85 bits per heavy atom. The van der Waals surface area contributed by atoms with Crippen LogP contribution >= 0.6 is 15.9 Å². The summed E-state index contributed by atoms with van der Waals surface area (Å²) in [5, 5.41) is 4.40. The van der Waals surface area contributed by atoms with Crippen molar-refractivity contribution in [2.24, 2.45) is 0 Å². The molecule has 0 N–H and O–H groups in total. The second-order valence-electron chi connectivity index (χ2n) is 5.05. The average molecular weight is 337 g/mol. The number of nitrogens with zero attached hydrogens (tertiary/aromatic N) is 2. The summed E-state index contributed by atoms with van der Waals surface area (Å²) in [7, 11) is 0. The number of halogens is 2. The van der Waals surface area contributed by atoms with E-state index in [1.165, 1.54) is 10.7 Å². The van der Waals surface area contributed by atoms with Gasteiger partial charge in [0.15, 0.2) is 0 Å². The smallest absolute Gasteiger partial charge is 0.267 e. The summed E-state index contributed by atoms with van der Waals surface area (Å²) in [5.74, 6) is -0.328. The van der Waals surface area contributed by atoms with Crippen LogP contribution in [0.1, 0.15) is 29.7 Å². The molecule has 0 fully saturated rings. The SMILES string of the molecule is O=c1cc2c(nn1Cc1ccc(Br)cc1F)CCCC2. The highest BCUT2D eigenvalue weighted by Crippen LogP contribution is 2.18. The van der Waals surface area contributed by atoms with Crippen molar-refractivity contribution in [3.8, 4) is 0 Å². The summed E-state index contributed by atoms with van der Waals surface area (Å²) in [4.78, 5) is 12.0. The molecule has 2 aromatic rings. The van der Waals surface area contributed by atoms with Gasteiger partial charge in [0.1, 0.15) is 5.82 Å². The minimum absolute atomic E-state index is 0.159. The Hall–Kier alpha value is -1.49. The molecule has 1 aromatic carbocycles. The molecule has 0 bridgehead atoms. The molecule has 5 heteroatoms. The van der Waals surface area contributed by atoms with Gasteiger partial charge in [0.2, 0.25) is 0 Å². The van der Waals surface area contributed by atoms with Crippen LogP contribution in [0, 0.1) is 5.82 Å². The van der Waals surface area contributed by atoms with Crippen molar-refractivity contribution in [1.29, 1.82) is 0 Å². The first-order valence-corrected chi connectivity index (χ1v) is 7.46. The molecule has 1 aromatic heterocycles. The quantitative estimate of drug-likeness (QED) is 0.844. The minimum atomic E-state index is -0.328. The highest BCUT2D eigenvalue weighted by atomic mass is 79.9. The lowest BCUT2D eigenvalue weighted by Gasteiger charge is -2.16. The minimum Gasteiger partial charge on any atom is -0.268 e. The second-order valence-corrected chi connectivity index (χ2v) is 5.97. The van der Waals surface area contributed by atoms with E-state index in [2.05, 4.69) is 21.0 Å². The van der Waals surface area contributed by atoms with Crippen molar-refractivity contribution < 1.29 is 4.39 Å². The van der Waals surface area contributed by atoms with Gasteiger partial charge in [-0.3, -0.25) is 4.79 Å². The van der Waals surface area contributed by atoms with Gasteiger partial charge in [0, 0.05) is 16.1 Å². The van der Waals surface area contributed by atoms with E-state index in [0.29, 0.717) is 10.0 Å². The lowest BCUT2D eigenvalue weighted by atomic mass is 9.97. The van der Waals surface area contributed by atoms with Crippen LogP contribution in [0.3, 0.4) is 0 Å². The van der Waals surface area contributed by atoms with E-state index in [1.807, 2.05) is 0 Å². The molecule has 0 spiro atoms. The highest BCUT2D eigenvalue weighted by molar-refractivity contribution is 9.10. The van der Waals surface area contributed by atoms with Crippen LogP contribution in [0.2, 0.25) is 0 Å². The molecule has 0 radical (unpaired) electrons. The average Bonchev–Trinajstić information content (AvgIpc) is 2.42. The topological polar surface area (TPSA) is 34.9 Å². The predicted octanol–water partition coefficient (Wildman–Crippen LogP) is 3.07. The van der Waals surface area contributed by atoms with Crippen molar-refractivity contribution in [3.63, 3.8) is 0 Å². The first-order valence-electron chi connectivity index (χ1n) is 6.67. The van der Waals surface area contributed by atoms with Crippen LogP contribution in [0.25, 0.3) is 0 Å². The zero-order chi connectivity index (χ0) is 14.1. The van der Waals surface area contributed by atoms with E-state index in [9.17, 15) is 9.18 Å². The van der Waals surface area contributed by atoms with Crippen LogP contribution in [-0.4, -0.2) is 9.78 Å². The standard InChI is InChI=1S/C15H14BrFN2O/c16-12-6-5-11(13(17)8-12)9-19-15(20)7-10-3-1-2-4-14(10)18-19/h5-8H,1-4,9H2. The molecule has 3 nitrogen and oxygen atoms in total. The molecule has 20 heavy (non-hydrogen) atoms. The van der Waals surface area contributed by atoms with Crippen LogP contribution < -0.4 is 5.56 Å².